The summed E-state index contributed by atoms with van der Waals surface area (Å²) >= 11 is 0. The summed E-state index contributed by atoms with van der Waals surface area (Å²) in [5.41, 5.74) is 0.504. The summed E-state index contributed by atoms with van der Waals surface area (Å²) < 4.78 is 0. The van der Waals surface area contributed by atoms with Crippen molar-refractivity contribution in [2.75, 3.05) is 14.1 Å². The lowest BCUT2D eigenvalue weighted by Gasteiger charge is -2.48. The molecular formula is C19H38N2. The molecule has 2 aliphatic rings. The van der Waals surface area contributed by atoms with E-state index in [1.807, 2.05) is 0 Å². The average Bonchev–Trinajstić information content (AvgIpc) is 2.54. The van der Waals surface area contributed by atoms with E-state index in [0.717, 1.165) is 18.0 Å². The summed E-state index contributed by atoms with van der Waals surface area (Å²) in [7, 11) is 4.57. The minimum Gasteiger partial charge on any atom is -0.315 e. The van der Waals surface area contributed by atoms with E-state index in [2.05, 4.69) is 45.1 Å². The highest BCUT2D eigenvalue weighted by atomic mass is 15.2. The Labute approximate surface area is 133 Å². The molecule has 0 spiro atoms. The van der Waals surface area contributed by atoms with Gasteiger partial charge in [-0.1, -0.05) is 46.5 Å². The number of nitrogens with one attached hydrogen (secondary N) is 1. The first-order valence-electron chi connectivity index (χ1n) is 9.38. The molecular weight excluding hydrogens is 256 g/mol. The molecule has 21 heavy (non-hydrogen) atoms. The van der Waals surface area contributed by atoms with Crippen molar-refractivity contribution in [2.45, 2.75) is 96.7 Å². The summed E-state index contributed by atoms with van der Waals surface area (Å²) in [6.07, 6.45) is 12.6. The quantitative estimate of drug-likeness (QED) is 0.806. The average molecular weight is 295 g/mol. The molecule has 2 fully saturated rings. The van der Waals surface area contributed by atoms with E-state index >= 15 is 0 Å². The van der Waals surface area contributed by atoms with Gasteiger partial charge in [0.25, 0.3) is 0 Å². The zero-order valence-corrected chi connectivity index (χ0v) is 15.1. The Hall–Kier alpha value is -0.0800. The maximum Gasteiger partial charge on any atom is 0.0251 e. The van der Waals surface area contributed by atoms with Gasteiger partial charge in [0.15, 0.2) is 0 Å². The topological polar surface area (TPSA) is 15.3 Å². The molecule has 3 atom stereocenters. The van der Waals surface area contributed by atoms with E-state index in [9.17, 15) is 0 Å². The van der Waals surface area contributed by atoms with E-state index in [1.165, 1.54) is 57.8 Å². The molecule has 0 amide bonds. The van der Waals surface area contributed by atoms with Crippen molar-refractivity contribution in [1.82, 2.24) is 10.2 Å². The summed E-state index contributed by atoms with van der Waals surface area (Å²) in [6, 6.07) is 2.27. The fraction of sp³-hybridized carbons (Fsp3) is 1.00. The van der Waals surface area contributed by atoms with Gasteiger partial charge in [0.2, 0.25) is 0 Å². The van der Waals surface area contributed by atoms with Gasteiger partial charge >= 0.3 is 0 Å². The number of nitrogens with zero attached hydrogens (tertiary/aromatic N) is 1. The van der Waals surface area contributed by atoms with E-state index < -0.39 is 0 Å². The van der Waals surface area contributed by atoms with Gasteiger partial charge in [0, 0.05) is 18.1 Å². The maximum absolute atomic E-state index is 3.62. The molecule has 124 valence electrons. The molecule has 2 aliphatic carbocycles. The van der Waals surface area contributed by atoms with Crippen LogP contribution in [-0.4, -0.2) is 37.1 Å². The van der Waals surface area contributed by atoms with Gasteiger partial charge in [-0.25, -0.2) is 0 Å². The van der Waals surface area contributed by atoms with Gasteiger partial charge in [0.1, 0.15) is 0 Å². The van der Waals surface area contributed by atoms with Crippen molar-refractivity contribution in [3.8, 4) is 0 Å². The predicted molar refractivity (Wildman–Crippen MR) is 92.7 cm³/mol. The third kappa shape index (κ3) is 4.01. The first-order valence-corrected chi connectivity index (χ1v) is 9.38. The van der Waals surface area contributed by atoms with E-state index in [-0.39, 0.29) is 0 Å². The first kappa shape index (κ1) is 17.3. The van der Waals surface area contributed by atoms with E-state index in [4.69, 9.17) is 0 Å². The third-order valence-corrected chi connectivity index (χ3v) is 6.88. The molecule has 0 aromatic carbocycles. The largest absolute Gasteiger partial charge is 0.315 e. The number of hydrogen-bond donors (Lipinski definition) is 1. The molecule has 2 rings (SSSR count). The Morgan fingerprint density at radius 1 is 1.05 bits per heavy atom. The lowest BCUT2D eigenvalue weighted by Crippen LogP contribution is -2.55. The Morgan fingerprint density at radius 3 is 2.29 bits per heavy atom. The van der Waals surface area contributed by atoms with Crippen LogP contribution in [0.5, 0.6) is 0 Å². The van der Waals surface area contributed by atoms with Crippen molar-refractivity contribution >= 4 is 0 Å². The van der Waals surface area contributed by atoms with E-state index in [1.54, 1.807) is 0 Å². The molecule has 0 saturated heterocycles. The highest BCUT2D eigenvalue weighted by Gasteiger charge is 2.39. The fourth-order valence-corrected chi connectivity index (χ4v) is 4.69. The molecule has 3 unspecified atom stereocenters. The zero-order chi connectivity index (χ0) is 15.5. The fourth-order valence-electron chi connectivity index (χ4n) is 4.69. The highest BCUT2D eigenvalue weighted by Crippen LogP contribution is 2.42. The van der Waals surface area contributed by atoms with E-state index in [0.29, 0.717) is 11.5 Å². The molecule has 0 radical (unpaired) electrons. The van der Waals surface area contributed by atoms with Gasteiger partial charge in [0.05, 0.1) is 0 Å². The normalized spacial score (nSPS) is 32.6. The summed E-state index contributed by atoms with van der Waals surface area (Å²) in [4.78, 5) is 2.76. The summed E-state index contributed by atoms with van der Waals surface area (Å²) in [5, 5.41) is 3.62. The van der Waals surface area contributed by atoms with Gasteiger partial charge < -0.3 is 5.32 Å². The van der Waals surface area contributed by atoms with Gasteiger partial charge in [-0.05, 0) is 57.5 Å². The summed E-state index contributed by atoms with van der Waals surface area (Å²) in [5.74, 6) is 0.892. The molecule has 1 N–H and O–H groups in total. The standard InChI is InChI=1S/C19H38N2/c1-6-19(2,3)15-12-13-17(20-4)18(14-15)21(5)16-10-8-7-9-11-16/h15-18,20H,6-14H2,1-5H3. The van der Waals surface area contributed by atoms with Crippen molar-refractivity contribution in [1.29, 1.82) is 0 Å². The predicted octanol–water partition coefficient (Wildman–Crippen LogP) is 4.44. The van der Waals surface area contributed by atoms with Crippen LogP contribution in [0.4, 0.5) is 0 Å². The second kappa shape index (κ2) is 7.46. The second-order valence-electron chi connectivity index (χ2n) is 8.27. The van der Waals surface area contributed by atoms with Crippen molar-refractivity contribution in [3.63, 3.8) is 0 Å². The minimum absolute atomic E-state index is 0.504. The maximum atomic E-state index is 3.62. The molecule has 2 nitrogen and oxygen atoms in total. The molecule has 2 heteroatoms. The molecule has 0 aliphatic heterocycles. The van der Waals surface area contributed by atoms with Crippen molar-refractivity contribution in [3.05, 3.63) is 0 Å². The monoisotopic (exact) mass is 294 g/mol. The Balaban J connectivity index is 2.05. The molecule has 0 aromatic heterocycles. The number of likely N-dealkylation sites (N-methyl/N-ethyl adjacent to an activating group) is 2. The minimum atomic E-state index is 0.504. The molecule has 0 bridgehead atoms. The smallest absolute Gasteiger partial charge is 0.0251 e. The Kier molecular flexibility index (Phi) is 6.14. The summed E-state index contributed by atoms with van der Waals surface area (Å²) in [6.45, 7) is 7.33. The Morgan fingerprint density at radius 2 is 1.71 bits per heavy atom. The van der Waals surface area contributed by atoms with Crippen LogP contribution in [0.1, 0.15) is 78.6 Å². The van der Waals surface area contributed by atoms with Crippen LogP contribution >= 0.6 is 0 Å². The highest BCUT2D eigenvalue weighted by molar-refractivity contribution is 4.95. The SMILES string of the molecule is CCC(C)(C)C1CCC(NC)C(N(C)C2CCCCC2)C1. The number of hydrogen-bond acceptors (Lipinski definition) is 2. The van der Waals surface area contributed by atoms with Crippen LogP contribution in [0.25, 0.3) is 0 Å². The molecule has 0 aromatic rings. The number of rotatable bonds is 5. The van der Waals surface area contributed by atoms with Gasteiger partial charge in [-0.3, -0.25) is 4.90 Å². The van der Waals surface area contributed by atoms with Crippen LogP contribution in [0.15, 0.2) is 0 Å². The van der Waals surface area contributed by atoms with Crippen LogP contribution in [0.2, 0.25) is 0 Å². The Bertz CT molecular complexity index is 307. The molecule has 0 heterocycles. The second-order valence-corrected chi connectivity index (χ2v) is 8.27. The van der Waals surface area contributed by atoms with Crippen LogP contribution < -0.4 is 5.32 Å². The van der Waals surface area contributed by atoms with Crippen LogP contribution in [-0.2, 0) is 0 Å². The first-order chi connectivity index (χ1) is 9.99. The lowest BCUT2D eigenvalue weighted by atomic mass is 9.67. The van der Waals surface area contributed by atoms with Crippen LogP contribution in [0, 0.1) is 11.3 Å². The molecule has 2 saturated carbocycles. The van der Waals surface area contributed by atoms with Crippen molar-refractivity contribution in [2.24, 2.45) is 11.3 Å². The third-order valence-electron chi connectivity index (χ3n) is 6.88. The van der Waals surface area contributed by atoms with Gasteiger partial charge in [-0.2, -0.15) is 0 Å². The van der Waals surface area contributed by atoms with Crippen LogP contribution in [0.3, 0.4) is 0 Å². The van der Waals surface area contributed by atoms with Gasteiger partial charge in [-0.15, -0.1) is 0 Å². The lowest BCUT2D eigenvalue weighted by molar-refractivity contribution is 0.0348. The van der Waals surface area contributed by atoms with Crippen molar-refractivity contribution < 1.29 is 0 Å². The zero-order valence-electron chi connectivity index (χ0n) is 15.1.